The summed E-state index contributed by atoms with van der Waals surface area (Å²) < 4.78 is 5.31. The number of carbonyl (C=O) groups excluding carboxylic acids is 1. The first kappa shape index (κ1) is 15.4. The van der Waals surface area contributed by atoms with E-state index >= 15 is 0 Å². The Hall–Kier alpha value is -3.09. The highest BCUT2D eigenvalue weighted by Gasteiger charge is 2.37. The molecule has 1 unspecified atom stereocenters. The van der Waals surface area contributed by atoms with Crippen LogP contribution in [0.3, 0.4) is 0 Å². The Morgan fingerprint density at radius 3 is 2.96 bits per heavy atom. The molecule has 1 amide bonds. The second-order valence-electron chi connectivity index (χ2n) is 6.08. The SMILES string of the molecule is O=C(O)C1c2ccoc2CCN1C(=O)CCc1nc2ccccc2[nH]1. The van der Waals surface area contributed by atoms with Crippen LogP contribution in [0.2, 0.25) is 0 Å². The normalized spacial score (nSPS) is 16.8. The highest BCUT2D eigenvalue weighted by molar-refractivity contribution is 5.85. The number of carboxylic acid groups (broad SMARTS) is 1. The summed E-state index contributed by atoms with van der Waals surface area (Å²) in [5, 5.41) is 9.55. The van der Waals surface area contributed by atoms with Gasteiger partial charge in [0.15, 0.2) is 6.04 Å². The highest BCUT2D eigenvalue weighted by Crippen LogP contribution is 2.31. The van der Waals surface area contributed by atoms with Gasteiger partial charge >= 0.3 is 5.97 Å². The number of amides is 1. The minimum Gasteiger partial charge on any atom is -0.479 e. The van der Waals surface area contributed by atoms with Gasteiger partial charge in [-0.25, -0.2) is 9.78 Å². The topological polar surface area (TPSA) is 99.4 Å². The predicted octanol–water partition coefficient (Wildman–Crippen LogP) is 2.30. The summed E-state index contributed by atoms with van der Waals surface area (Å²) in [6.45, 7) is 0.344. The van der Waals surface area contributed by atoms with Gasteiger partial charge in [0.05, 0.1) is 17.3 Å². The molecule has 0 bridgehead atoms. The fourth-order valence-electron chi connectivity index (χ4n) is 3.34. The number of nitrogens with zero attached hydrogens (tertiary/aromatic N) is 2. The number of aliphatic carboxylic acids is 1. The smallest absolute Gasteiger partial charge is 0.331 e. The van der Waals surface area contributed by atoms with Gasteiger partial charge in [-0.15, -0.1) is 0 Å². The summed E-state index contributed by atoms with van der Waals surface area (Å²) in [5.74, 6) is 0.135. The van der Waals surface area contributed by atoms with Gasteiger partial charge in [-0.05, 0) is 18.2 Å². The number of imidazole rings is 1. The monoisotopic (exact) mass is 339 g/mol. The Kier molecular flexibility index (Phi) is 3.76. The van der Waals surface area contributed by atoms with Crippen molar-refractivity contribution >= 4 is 22.9 Å². The van der Waals surface area contributed by atoms with Crippen molar-refractivity contribution in [3.8, 4) is 0 Å². The second-order valence-corrected chi connectivity index (χ2v) is 6.08. The number of benzene rings is 1. The van der Waals surface area contributed by atoms with Crippen molar-refractivity contribution in [3.63, 3.8) is 0 Å². The lowest BCUT2D eigenvalue weighted by molar-refractivity contribution is -0.151. The molecule has 0 saturated heterocycles. The minimum atomic E-state index is -1.04. The molecular weight excluding hydrogens is 322 g/mol. The Morgan fingerprint density at radius 1 is 1.32 bits per heavy atom. The maximum absolute atomic E-state index is 12.6. The van der Waals surface area contributed by atoms with Gasteiger partial charge in [-0.1, -0.05) is 12.1 Å². The van der Waals surface area contributed by atoms with E-state index in [4.69, 9.17) is 4.42 Å². The lowest BCUT2D eigenvalue weighted by Crippen LogP contribution is -2.43. The van der Waals surface area contributed by atoms with Crippen LogP contribution >= 0.6 is 0 Å². The Bertz CT molecular complexity index is 910. The molecule has 7 nitrogen and oxygen atoms in total. The van der Waals surface area contributed by atoms with Gasteiger partial charge in [0.2, 0.25) is 5.91 Å². The number of hydrogen-bond donors (Lipinski definition) is 2. The number of nitrogens with one attached hydrogen (secondary N) is 1. The van der Waals surface area contributed by atoms with Crippen molar-refractivity contribution in [1.82, 2.24) is 14.9 Å². The standard InChI is InChI=1S/C18H17N3O4/c22-16(6-5-15-19-12-3-1-2-4-13(12)20-15)21-9-7-14-11(8-10-25-14)17(21)18(23)24/h1-4,8,10,17H,5-7,9H2,(H,19,20)(H,23,24). The fourth-order valence-corrected chi connectivity index (χ4v) is 3.34. The van der Waals surface area contributed by atoms with Crippen LogP contribution in [0.1, 0.15) is 29.6 Å². The molecule has 1 atom stereocenters. The molecule has 25 heavy (non-hydrogen) atoms. The highest BCUT2D eigenvalue weighted by atomic mass is 16.4. The van der Waals surface area contributed by atoms with E-state index in [1.165, 1.54) is 11.2 Å². The summed E-state index contributed by atoms with van der Waals surface area (Å²) in [4.78, 5) is 33.4. The lowest BCUT2D eigenvalue weighted by Gasteiger charge is -2.32. The summed E-state index contributed by atoms with van der Waals surface area (Å²) in [6.07, 6.45) is 2.65. The average molecular weight is 339 g/mol. The van der Waals surface area contributed by atoms with Crippen LogP contribution in [0.5, 0.6) is 0 Å². The first-order valence-corrected chi connectivity index (χ1v) is 8.15. The molecule has 0 fully saturated rings. The summed E-state index contributed by atoms with van der Waals surface area (Å²) in [5.41, 5.74) is 2.35. The van der Waals surface area contributed by atoms with Crippen LogP contribution in [-0.2, 0) is 22.4 Å². The first-order chi connectivity index (χ1) is 12.1. The molecule has 1 aromatic carbocycles. The van der Waals surface area contributed by atoms with Crippen molar-refractivity contribution in [2.45, 2.75) is 25.3 Å². The zero-order valence-electron chi connectivity index (χ0n) is 13.4. The van der Waals surface area contributed by atoms with Crippen LogP contribution in [-0.4, -0.2) is 38.4 Å². The number of para-hydroxylation sites is 2. The fraction of sp³-hybridized carbons (Fsp3) is 0.278. The molecule has 0 saturated carbocycles. The van der Waals surface area contributed by atoms with E-state index in [1.54, 1.807) is 6.07 Å². The number of fused-ring (bicyclic) bond motifs is 2. The quantitative estimate of drug-likeness (QED) is 0.760. The third kappa shape index (κ3) is 2.77. The van der Waals surface area contributed by atoms with Gasteiger partial charge in [0.25, 0.3) is 0 Å². The molecule has 2 aromatic heterocycles. The summed E-state index contributed by atoms with van der Waals surface area (Å²) in [6, 6.07) is 8.31. The van der Waals surface area contributed by atoms with Crippen LogP contribution in [0.15, 0.2) is 41.0 Å². The molecule has 3 aromatic rings. The molecule has 0 spiro atoms. The van der Waals surface area contributed by atoms with Crippen molar-refractivity contribution < 1.29 is 19.1 Å². The van der Waals surface area contributed by atoms with Crippen molar-refractivity contribution in [3.05, 3.63) is 53.7 Å². The van der Waals surface area contributed by atoms with E-state index in [-0.39, 0.29) is 12.3 Å². The van der Waals surface area contributed by atoms with Crippen molar-refractivity contribution in [2.75, 3.05) is 6.54 Å². The molecule has 0 aliphatic carbocycles. The molecule has 7 heteroatoms. The van der Waals surface area contributed by atoms with Gasteiger partial charge < -0.3 is 19.4 Å². The van der Waals surface area contributed by atoms with E-state index in [9.17, 15) is 14.7 Å². The van der Waals surface area contributed by atoms with E-state index in [0.29, 0.717) is 30.7 Å². The maximum atomic E-state index is 12.6. The van der Waals surface area contributed by atoms with E-state index in [0.717, 1.165) is 16.9 Å². The zero-order chi connectivity index (χ0) is 17.4. The van der Waals surface area contributed by atoms with Gasteiger partial charge in [0, 0.05) is 31.4 Å². The molecule has 1 aliphatic heterocycles. The Morgan fingerprint density at radius 2 is 2.16 bits per heavy atom. The third-order valence-electron chi connectivity index (χ3n) is 4.53. The molecule has 3 heterocycles. The molecule has 1 aliphatic rings. The largest absolute Gasteiger partial charge is 0.479 e. The number of carboxylic acids is 1. The van der Waals surface area contributed by atoms with E-state index in [1.807, 2.05) is 24.3 Å². The second kappa shape index (κ2) is 6.08. The van der Waals surface area contributed by atoms with Crippen LogP contribution in [0, 0.1) is 0 Å². The summed E-state index contributed by atoms with van der Waals surface area (Å²) >= 11 is 0. The van der Waals surface area contributed by atoms with Gasteiger partial charge in [-0.2, -0.15) is 0 Å². The lowest BCUT2D eigenvalue weighted by atomic mass is 9.99. The number of rotatable bonds is 4. The molecule has 0 radical (unpaired) electrons. The number of aromatic nitrogens is 2. The average Bonchev–Trinajstić information content (AvgIpc) is 3.24. The molecule has 128 valence electrons. The number of aryl methyl sites for hydroxylation is 1. The molecular formula is C18H17N3O4. The Labute approximate surface area is 143 Å². The van der Waals surface area contributed by atoms with Gasteiger partial charge in [-0.3, -0.25) is 4.79 Å². The maximum Gasteiger partial charge on any atom is 0.331 e. The van der Waals surface area contributed by atoms with Crippen LogP contribution in [0.4, 0.5) is 0 Å². The number of hydrogen-bond acceptors (Lipinski definition) is 4. The molecule has 2 N–H and O–H groups in total. The minimum absolute atomic E-state index is 0.195. The third-order valence-corrected chi connectivity index (χ3v) is 4.53. The zero-order valence-corrected chi connectivity index (χ0v) is 13.4. The first-order valence-electron chi connectivity index (χ1n) is 8.15. The molecule has 4 rings (SSSR count). The number of furan rings is 1. The van der Waals surface area contributed by atoms with Crippen molar-refractivity contribution in [2.24, 2.45) is 0 Å². The van der Waals surface area contributed by atoms with Crippen molar-refractivity contribution in [1.29, 1.82) is 0 Å². The number of carbonyl (C=O) groups is 2. The van der Waals surface area contributed by atoms with Gasteiger partial charge in [0.1, 0.15) is 11.6 Å². The number of aromatic amines is 1. The van der Waals surface area contributed by atoms with E-state index < -0.39 is 12.0 Å². The Balaban J connectivity index is 1.49. The number of H-pyrrole nitrogens is 1. The summed E-state index contributed by atoms with van der Waals surface area (Å²) in [7, 11) is 0. The predicted molar refractivity (Wildman–Crippen MR) is 88.9 cm³/mol. The van der Waals surface area contributed by atoms with E-state index in [2.05, 4.69) is 9.97 Å². The van der Waals surface area contributed by atoms with Crippen LogP contribution in [0.25, 0.3) is 11.0 Å². The van der Waals surface area contributed by atoms with Crippen LogP contribution < -0.4 is 0 Å².